The number of anilines is 1. The highest BCUT2D eigenvalue weighted by molar-refractivity contribution is 5.90. The largest absolute Gasteiger partial charge is 0.438 e. The van der Waals surface area contributed by atoms with E-state index >= 15 is 0 Å². The standard InChI is InChI=1S/C18H22N6O3/c1-11(2)17(24-10-12(20-22-24)5-8-16(25)21-26)18-19-14-9-13(23(3)4)6-7-15(14)27-18/h5-11,17,26H,1-4H3,(H,21,25). The summed E-state index contributed by atoms with van der Waals surface area (Å²) in [7, 11) is 3.95. The van der Waals surface area contributed by atoms with Crippen LogP contribution in [0.5, 0.6) is 0 Å². The lowest BCUT2D eigenvalue weighted by atomic mass is 10.0. The first-order valence-electron chi connectivity index (χ1n) is 8.51. The quantitative estimate of drug-likeness (QED) is 0.389. The second kappa shape index (κ2) is 7.58. The minimum atomic E-state index is -0.638. The van der Waals surface area contributed by atoms with E-state index in [1.165, 1.54) is 17.6 Å². The molecule has 3 aromatic rings. The van der Waals surface area contributed by atoms with Gasteiger partial charge in [-0.2, -0.15) is 0 Å². The van der Waals surface area contributed by atoms with Crippen LogP contribution >= 0.6 is 0 Å². The number of hydrogen-bond acceptors (Lipinski definition) is 7. The predicted octanol–water partition coefficient (Wildman–Crippen LogP) is 2.25. The smallest absolute Gasteiger partial charge is 0.267 e. The fourth-order valence-electron chi connectivity index (χ4n) is 2.74. The molecule has 142 valence electrons. The average molecular weight is 370 g/mol. The van der Waals surface area contributed by atoms with Gasteiger partial charge in [0.2, 0.25) is 5.89 Å². The minimum Gasteiger partial charge on any atom is -0.438 e. The maximum atomic E-state index is 11.1. The zero-order valence-corrected chi connectivity index (χ0v) is 15.6. The maximum Gasteiger partial charge on any atom is 0.267 e. The highest BCUT2D eigenvalue weighted by Crippen LogP contribution is 2.30. The predicted molar refractivity (Wildman–Crippen MR) is 100 cm³/mol. The third-order valence-electron chi connectivity index (χ3n) is 4.12. The number of hydrogen-bond donors (Lipinski definition) is 2. The molecule has 0 bridgehead atoms. The van der Waals surface area contributed by atoms with Gasteiger partial charge in [0.25, 0.3) is 5.91 Å². The van der Waals surface area contributed by atoms with Gasteiger partial charge in [-0.1, -0.05) is 19.1 Å². The molecule has 0 saturated carbocycles. The number of carbonyl (C=O) groups excluding carboxylic acids is 1. The summed E-state index contributed by atoms with van der Waals surface area (Å²) in [6.45, 7) is 4.09. The molecule has 0 saturated heterocycles. The molecule has 0 aliphatic rings. The van der Waals surface area contributed by atoms with Crippen LogP contribution in [-0.4, -0.2) is 45.2 Å². The molecule has 2 aromatic heterocycles. The number of fused-ring (bicyclic) bond motifs is 1. The topological polar surface area (TPSA) is 109 Å². The number of oxazole rings is 1. The number of rotatable bonds is 6. The van der Waals surface area contributed by atoms with Crippen LogP contribution in [0.2, 0.25) is 0 Å². The highest BCUT2D eigenvalue weighted by atomic mass is 16.5. The summed E-state index contributed by atoms with van der Waals surface area (Å²) in [6, 6.07) is 5.61. The first-order chi connectivity index (χ1) is 12.9. The van der Waals surface area contributed by atoms with Crippen molar-refractivity contribution in [3.8, 4) is 0 Å². The zero-order chi connectivity index (χ0) is 19.6. The van der Waals surface area contributed by atoms with E-state index in [4.69, 9.17) is 9.62 Å². The van der Waals surface area contributed by atoms with Crippen LogP contribution in [0, 0.1) is 5.92 Å². The van der Waals surface area contributed by atoms with Gasteiger partial charge in [0.05, 0.1) is 6.20 Å². The fourth-order valence-corrected chi connectivity index (χ4v) is 2.74. The van der Waals surface area contributed by atoms with Gasteiger partial charge in [-0.15, -0.1) is 5.10 Å². The third kappa shape index (κ3) is 3.98. The van der Waals surface area contributed by atoms with E-state index in [0.29, 0.717) is 17.2 Å². The molecule has 2 N–H and O–H groups in total. The molecule has 1 atom stereocenters. The van der Waals surface area contributed by atoms with Gasteiger partial charge in [0.1, 0.15) is 17.3 Å². The Morgan fingerprint density at radius 2 is 2.15 bits per heavy atom. The van der Waals surface area contributed by atoms with E-state index in [2.05, 4.69) is 15.3 Å². The van der Waals surface area contributed by atoms with Crippen molar-refractivity contribution >= 4 is 28.8 Å². The second-order valence-corrected chi connectivity index (χ2v) is 6.72. The van der Waals surface area contributed by atoms with Crippen molar-refractivity contribution in [2.24, 2.45) is 5.92 Å². The lowest BCUT2D eigenvalue weighted by molar-refractivity contribution is -0.124. The molecule has 0 aliphatic heterocycles. The van der Waals surface area contributed by atoms with Crippen LogP contribution in [0.25, 0.3) is 17.2 Å². The molecule has 27 heavy (non-hydrogen) atoms. The van der Waals surface area contributed by atoms with Crippen molar-refractivity contribution < 1.29 is 14.4 Å². The average Bonchev–Trinajstić information content (AvgIpc) is 3.25. The van der Waals surface area contributed by atoms with Crippen LogP contribution in [0.4, 0.5) is 5.69 Å². The fraction of sp³-hybridized carbons (Fsp3) is 0.333. The van der Waals surface area contributed by atoms with Gasteiger partial charge in [0, 0.05) is 25.9 Å². The first-order valence-corrected chi connectivity index (χ1v) is 8.51. The summed E-state index contributed by atoms with van der Waals surface area (Å²) < 4.78 is 7.64. The lowest BCUT2D eigenvalue weighted by Crippen LogP contribution is -2.17. The van der Waals surface area contributed by atoms with E-state index in [0.717, 1.165) is 11.2 Å². The Hall–Kier alpha value is -3.20. The summed E-state index contributed by atoms with van der Waals surface area (Å²) in [5, 5.41) is 16.7. The van der Waals surface area contributed by atoms with Gasteiger partial charge in [-0.05, 0) is 30.2 Å². The van der Waals surface area contributed by atoms with Gasteiger partial charge >= 0.3 is 0 Å². The molecular formula is C18H22N6O3. The molecule has 2 heterocycles. The zero-order valence-electron chi connectivity index (χ0n) is 15.6. The normalized spacial score (nSPS) is 12.8. The number of benzene rings is 1. The van der Waals surface area contributed by atoms with Crippen molar-refractivity contribution in [1.29, 1.82) is 0 Å². The van der Waals surface area contributed by atoms with Crippen molar-refractivity contribution in [3.05, 3.63) is 42.1 Å². The van der Waals surface area contributed by atoms with E-state index in [1.54, 1.807) is 10.9 Å². The van der Waals surface area contributed by atoms with Gasteiger partial charge in [-0.3, -0.25) is 10.0 Å². The Morgan fingerprint density at radius 1 is 1.37 bits per heavy atom. The molecule has 0 radical (unpaired) electrons. The van der Waals surface area contributed by atoms with Crippen LogP contribution in [-0.2, 0) is 4.79 Å². The molecular weight excluding hydrogens is 348 g/mol. The number of carbonyl (C=O) groups is 1. The molecule has 0 fully saturated rings. The molecule has 1 aromatic carbocycles. The Kier molecular flexibility index (Phi) is 5.22. The summed E-state index contributed by atoms with van der Waals surface area (Å²) in [6.07, 6.45) is 4.33. The van der Waals surface area contributed by atoms with Crippen LogP contribution in [0.1, 0.15) is 31.5 Å². The Bertz CT molecular complexity index is 973. The second-order valence-electron chi connectivity index (χ2n) is 6.72. The van der Waals surface area contributed by atoms with E-state index < -0.39 is 5.91 Å². The van der Waals surface area contributed by atoms with Crippen LogP contribution in [0.3, 0.4) is 0 Å². The number of amides is 1. The number of hydroxylamine groups is 1. The van der Waals surface area contributed by atoms with Crippen molar-refractivity contribution in [1.82, 2.24) is 25.5 Å². The first kappa shape index (κ1) is 18.6. The Morgan fingerprint density at radius 3 is 2.81 bits per heavy atom. The van der Waals surface area contributed by atoms with E-state index in [1.807, 2.05) is 51.0 Å². The Balaban J connectivity index is 1.94. The van der Waals surface area contributed by atoms with Crippen molar-refractivity contribution in [3.63, 3.8) is 0 Å². The summed E-state index contributed by atoms with van der Waals surface area (Å²) in [5.41, 5.74) is 4.54. The summed E-state index contributed by atoms with van der Waals surface area (Å²) in [4.78, 5) is 17.8. The molecule has 1 unspecified atom stereocenters. The minimum absolute atomic E-state index is 0.144. The van der Waals surface area contributed by atoms with Crippen molar-refractivity contribution in [2.45, 2.75) is 19.9 Å². The molecule has 3 rings (SSSR count). The summed E-state index contributed by atoms with van der Waals surface area (Å²) >= 11 is 0. The molecule has 9 nitrogen and oxygen atoms in total. The third-order valence-corrected chi connectivity index (χ3v) is 4.12. The van der Waals surface area contributed by atoms with Crippen LogP contribution in [0.15, 0.2) is 34.9 Å². The highest BCUT2D eigenvalue weighted by Gasteiger charge is 2.25. The molecule has 0 spiro atoms. The van der Waals surface area contributed by atoms with Gasteiger partial charge in [-0.25, -0.2) is 15.1 Å². The lowest BCUT2D eigenvalue weighted by Gasteiger charge is -2.16. The van der Waals surface area contributed by atoms with E-state index in [-0.39, 0.29) is 12.0 Å². The van der Waals surface area contributed by atoms with Gasteiger partial charge in [0.15, 0.2) is 5.58 Å². The molecule has 9 heteroatoms. The molecule has 1 amide bonds. The number of nitrogens with one attached hydrogen (secondary N) is 1. The Labute approximate surface area is 156 Å². The van der Waals surface area contributed by atoms with E-state index in [9.17, 15) is 4.79 Å². The summed E-state index contributed by atoms with van der Waals surface area (Å²) in [5.74, 6) is 0.0516. The van der Waals surface area contributed by atoms with Crippen LogP contribution < -0.4 is 10.4 Å². The number of aromatic nitrogens is 4. The molecule has 0 aliphatic carbocycles. The van der Waals surface area contributed by atoms with Crippen molar-refractivity contribution in [2.75, 3.05) is 19.0 Å². The van der Waals surface area contributed by atoms with Gasteiger partial charge < -0.3 is 9.32 Å². The maximum absolute atomic E-state index is 11.1. The monoisotopic (exact) mass is 370 g/mol. The SMILES string of the molecule is CC(C)C(c1nc2cc(N(C)C)ccc2o1)n1cc(C=CC(=O)NO)nn1. The number of nitrogens with zero attached hydrogens (tertiary/aromatic N) is 5.